The first-order valence-electron chi connectivity index (χ1n) is 14.4. The number of aromatic nitrogens is 1. The number of carbonyl (C=O) groups is 3. The highest BCUT2D eigenvalue weighted by atomic mass is 16.5. The van der Waals surface area contributed by atoms with Gasteiger partial charge >= 0.3 is 5.97 Å². The number of ketones is 1. The molecule has 1 unspecified atom stereocenters. The van der Waals surface area contributed by atoms with Crippen LogP contribution in [0.3, 0.4) is 0 Å². The first-order chi connectivity index (χ1) is 20.9. The van der Waals surface area contributed by atoms with Crippen LogP contribution in [0, 0.1) is 0 Å². The minimum Gasteiger partial charge on any atom is -0.493 e. The lowest BCUT2D eigenvalue weighted by molar-refractivity contribution is -0.159. The van der Waals surface area contributed by atoms with E-state index in [1.54, 1.807) is 12.3 Å². The molecule has 4 rings (SSSR count). The molecule has 2 aromatic carbocycles. The second kappa shape index (κ2) is 15.5. The van der Waals surface area contributed by atoms with Crippen molar-refractivity contribution in [2.75, 3.05) is 27.9 Å². The molecule has 1 aromatic heterocycles. The van der Waals surface area contributed by atoms with E-state index in [4.69, 9.17) is 18.9 Å². The third kappa shape index (κ3) is 8.22. The van der Waals surface area contributed by atoms with Gasteiger partial charge in [-0.1, -0.05) is 48.6 Å². The molecule has 43 heavy (non-hydrogen) atoms. The molecule has 0 N–H and O–H groups in total. The van der Waals surface area contributed by atoms with Gasteiger partial charge in [-0.05, 0) is 67.9 Å². The summed E-state index contributed by atoms with van der Waals surface area (Å²) in [5, 5.41) is 0. The standard InChI is InChI=1S/C34H38N2O7/c1-40-29-21-26(22-30(41-2)32(29)42-3)31(37)33(38)36-20-8-7-16-28(36)34(39)43-27(18-17-25-14-10-19-35-23-25)15-9-13-24-11-5-4-6-12-24/h4-8,10-12,14,19,21-23,27-28H,9,13,15-18,20H2,1-3H3/t27?,28-/m0/s1. The molecule has 0 spiro atoms. The van der Waals surface area contributed by atoms with Gasteiger partial charge in [-0.2, -0.15) is 0 Å². The van der Waals surface area contributed by atoms with Gasteiger partial charge in [-0.25, -0.2) is 4.79 Å². The predicted octanol–water partition coefficient (Wildman–Crippen LogP) is 5.01. The van der Waals surface area contributed by atoms with Crippen molar-refractivity contribution in [2.24, 2.45) is 0 Å². The fourth-order valence-corrected chi connectivity index (χ4v) is 5.14. The van der Waals surface area contributed by atoms with Gasteiger partial charge < -0.3 is 23.8 Å². The van der Waals surface area contributed by atoms with Gasteiger partial charge in [0.15, 0.2) is 11.5 Å². The molecule has 2 atom stereocenters. The molecule has 1 aliphatic heterocycles. The molecule has 0 aliphatic carbocycles. The Hall–Kier alpha value is -4.66. The summed E-state index contributed by atoms with van der Waals surface area (Å²) in [5.41, 5.74) is 2.34. The maximum absolute atomic E-state index is 13.6. The van der Waals surface area contributed by atoms with E-state index in [9.17, 15) is 14.4 Å². The van der Waals surface area contributed by atoms with E-state index < -0.39 is 23.7 Å². The zero-order valence-corrected chi connectivity index (χ0v) is 24.9. The number of Topliss-reactive ketones (excluding diaryl/α,β-unsaturated/α-hetero) is 1. The molecule has 0 fully saturated rings. The molecule has 9 heteroatoms. The predicted molar refractivity (Wildman–Crippen MR) is 162 cm³/mol. The van der Waals surface area contributed by atoms with Crippen LogP contribution in [-0.2, 0) is 27.2 Å². The number of nitrogens with zero attached hydrogens (tertiary/aromatic N) is 2. The molecule has 9 nitrogen and oxygen atoms in total. The first-order valence-corrected chi connectivity index (χ1v) is 14.4. The van der Waals surface area contributed by atoms with E-state index in [2.05, 4.69) is 17.1 Å². The molecule has 0 bridgehead atoms. The topological polar surface area (TPSA) is 104 Å². The van der Waals surface area contributed by atoms with Crippen molar-refractivity contribution >= 4 is 17.7 Å². The third-order valence-electron chi connectivity index (χ3n) is 7.45. The molecule has 226 valence electrons. The summed E-state index contributed by atoms with van der Waals surface area (Å²) in [6, 6.07) is 16.0. The minimum atomic E-state index is -0.918. The summed E-state index contributed by atoms with van der Waals surface area (Å²) in [4.78, 5) is 45.9. The minimum absolute atomic E-state index is 0.0661. The fraction of sp³-hybridized carbons (Fsp3) is 0.353. The molecule has 1 aliphatic rings. The number of esters is 1. The van der Waals surface area contributed by atoms with Crippen LogP contribution in [0.2, 0.25) is 0 Å². The van der Waals surface area contributed by atoms with Crippen molar-refractivity contribution in [2.45, 2.75) is 50.7 Å². The van der Waals surface area contributed by atoms with Gasteiger partial charge in [0.1, 0.15) is 12.1 Å². The zero-order chi connectivity index (χ0) is 30.6. The number of aryl methyl sites for hydroxylation is 2. The average Bonchev–Trinajstić information content (AvgIpc) is 3.06. The SMILES string of the molecule is COc1cc(C(=O)C(=O)N2CC=CC[C@H]2C(=O)OC(CCCc2ccccc2)CCc2cccnc2)cc(OC)c1OC. The van der Waals surface area contributed by atoms with E-state index in [1.807, 2.05) is 42.6 Å². The van der Waals surface area contributed by atoms with Gasteiger partial charge in [-0.15, -0.1) is 0 Å². The molecular formula is C34H38N2O7. The van der Waals surface area contributed by atoms with Crippen LogP contribution in [-0.4, -0.2) is 67.6 Å². The third-order valence-corrected chi connectivity index (χ3v) is 7.45. The summed E-state index contributed by atoms with van der Waals surface area (Å²) in [7, 11) is 4.31. The van der Waals surface area contributed by atoms with E-state index in [0.29, 0.717) is 25.0 Å². The molecule has 1 amide bonds. The monoisotopic (exact) mass is 586 g/mol. The summed E-state index contributed by atoms with van der Waals surface area (Å²) in [5.74, 6) is -1.31. The van der Waals surface area contributed by atoms with E-state index in [-0.39, 0.29) is 36.1 Å². The Bertz CT molecular complexity index is 1380. The van der Waals surface area contributed by atoms with Gasteiger partial charge in [0.05, 0.1) is 21.3 Å². The molecule has 2 heterocycles. The zero-order valence-electron chi connectivity index (χ0n) is 24.9. The first kappa shape index (κ1) is 31.3. The van der Waals surface area contributed by atoms with Crippen molar-refractivity contribution in [3.63, 3.8) is 0 Å². The van der Waals surface area contributed by atoms with Crippen LogP contribution in [0.5, 0.6) is 17.2 Å². The number of hydrogen-bond donors (Lipinski definition) is 0. The number of benzene rings is 2. The number of rotatable bonds is 14. The van der Waals surface area contributed by atoms with Crippen molar-refractivity contribution in [3.8, 4) is 17.2 Å². The average molecular weight is 587 g/mol. The smallest absolute Gasteiger partial charge is 0.329 e. The summed E-state index contributed by atoms with van der Waals surface area (Å²) in [6.07, 6.45) is 10.7. The van der Waals surface area contributed by atoms with Crippen molar-refractivity contribution in [1.29, 1.82) is 0 Å². The lowest BCUT2D eigenvalue weighted by atomic mass is 10.0. The van der Waals surface area contributed by atoms with Crippen LogP contribution in [0.25, 0.3) is 0 Å². The molecule has 0 saturated carbocycles. The highest BCUT2D eigenvalue weighted by Crippen LogP contribution is 2.38. The largest absolute Gasteiger partial charge is 0.493 e. The molecule has 3 aromatic rings. The van der Waals surface area contributed by atoms with Crippen LogP contribution in [0.1, 0.15) is 47.2 Å². The number of hydrogen-bond acceptors (Lipinski definition) is 8. The van der Waals surface area contributed by atoms with Crippen LogP contribution < -0.4 is 14.2 Å². The van der Waals surface area contributed by atoms with Gasteiger partial charge in [0.25, 0.3) is 11.7 Å². The van der Waals surface area contributed by atoms with Crippen LogP contribution >= 0.6 is 0 Å². The molecule has 0 saturated heterocycles. The normalized spacial score (nSPS) is 15.0. The summed E-state index contributed by atoms with van der Waals surface area (Å²) >= 11 is 0. The van der Waals surface area contributed by atoms with E-state index >= 15 is 0 Å². The quantitative estimate of drug-likeness (QED) is 0.112. The molecular weight excluding hydrogens is 548 g/mol. The Kier molecular flexibility index (Phi) is 11.3. The maximum Gasteiger partial charge on any atom is 0.329 e. The van der Waals surface area contributed by atoms with Crippen molar-refractivity contribution in [3.05, 3.63) is 95.8 Å². The van der Waals surface area contributed by atoms with Gasteiger partial charge in [0.2, 0.25) is 5.75 Å². The second-order valence-corrected chi connectivity index (χ2v) is 10.3. The Balaban J connectivity index is 1.48. The summed E-state index contributed by atoms with van der Waals surface area (Å²) < 4.78 is 22.1. The van der Waals surface area contributed by atoms with E-state index in [0.717, 1.165) is 18.4 Å². The Morgan fingerprint density at radius 1 is 0.884 bits per heavy atom. The fourth-order valence-electron chi connectivity index (χ4n) is 5.14. The summed E-state index contributed by atoms with van der Waals surface area (Å²) in [6.45, 7) is 0.114. The van der Waals surface area contributed by atoms with E-state index in [1.165, 1.54) is 43.9 Å². The van der Waals surface area contributed by atoms with Crippen LogP contribution in [0.4, 0.5) is 0 Å². The van der Waals surface area contributed by atoms with Crippen molar-refractivity contribution in [1.82, 2.24) is 9.88 Å². The highest BCUT2D eigenvalue weighted by molar-refractivity contribution is 6.43. The number of amides is 1. The second-order valence-electron chi connectivity index (χ2n) is 10.3. The Morgan fingerprint density at radius 3 is 2.26 bits per heavy atom. The number of ether oxygens (including phenoxy) is 4. The number of carbonyl (C=O) groups excluding carboxylic acids is 3. The Labute approximate surface area is 252 Å². The van der Waals surface area contributed by atoms with Crippen molar-refractivity contribution < 1.29 is 33.3 Å². The highest BCUT2D eigenvalue weighted by Gasteiger charge is 2.36. The van der Waals surface area contributed by atoms with Crippen LogP contribution in [0.15, 0.2) is 79.1 Å². The van der Waals surface area contributed by atoms with Gasteiger partial charge in [0, 0.05) is 24.5 Å². The Morgan fingerprint density at radius 2 is 1.60 bits per heavy atom. The number of methoxy groups -OCH3 is 3. The maximum atomic E-state index is 13.6. The lowest BCUT2D eigenvalue weighted by Gasteiger charge is -2.32. The van der Waals surface area contributed by atoms with Gasteiger partial charge in [-0.3, -0.25) is 14.6 Å². The molecule has 0 radical (unpaired) electrons. The number of pyridine rings is 1. The lowest BCUT2D eigenvalue weighted by Crippen LogP contribution is -2.50.